The Bertz CT molecular complexity index is 766. The third kappa shape index (κ3) is 2.75. The minimum atomic E-state index is -4.21. The van der Waals surface area contributed by atoms with Gasteiger partial charge in [-0.1, -0.05) is 12.1 Å². The number of benzene rings is 2. The van der Waals surface area contributed by atoms with Crippen LogP contribution in [0.25, 0.3) is 0 Å². The molecule has 0 aliphatic heterocycles. The lowest BCUT2D eigenvalue weighted by Crippen LogP contribution is -2.16. The highest BCUT2D eigenvalue weighted by Crippen LogP contribution is 2.27. The zero-order chi connectivity index (χ0) is 14.9. The highest BCUT2D eigenvalue weighted by molar-refractivity contribution is 9.10. The van der Waals surface area contributed by atoms with E-state index >= 15 is 0 Å². The van der Waals surface area contributed by atoms with Gasteiger partial charge in [-0.2, -0.15) is 0 Å². The molecule has 0 atom stereocenters. The normalized spacial score (nSPS) is 11.3. The van der Waals surface area contributed by atoms with Crippen molar-refractivity contribution in [3.8, 4) is 0 Å². The zero-order valence-electron chi connectivity index (χ0n) is 9.90. The van der Waals surface area contributed by atoms with Gasteiger partial charge in [-0.3, -0.25) is 4.72 Å². The van der Waals surface area contributed by atoms with Gasteiger partial charge in [0.1, 0.15) is 16.4 Å². The minimum Gasteiger partial charge on any atom is -0.394 e. The van der Waals surface area contributed by atoms with Crippen LogP contribution in [0, 0.1) is 11.6 Å². The highest BCUT2D eigenvalue weighted by Gasteiger charge is 2.23. The van der Waals surface area contributed by atoms with Gasteiger partial charge in [-0.25, -0.2) is 17.2 Å². The molecular weight excluding hydrogens is 354 g/mol. The fraction of sp³-hybridized carbons (Fsp3) is 0. The molecule has 0 heterocycles. The predicted molar refractivity (Wildman–Crippen MR) is 75.7 cm³/mol. The van der Waals surface area contributed by atoms with Gasteiger partial charge in [0.25, 0.3) is 10.0 Å². The van der Waals surface area contributed by atoms with E-state index in [-0.39, 0.29) is 5.69 Å². The molecule has 106 valence electrons. The maximum Gasteiger partial charge on any atom is 0.264 e. The summed E-state index contributed by atoms with van der Waals surface area (Å²) in [6, 6.07) is 8.03. The second kappa shape index (κ2) is 5.37. The molecule has 20 heavy (non-hydrogen) atoms. The first-order chi connectivity index (χ1) is 9.33. The molecule has 0 radical (unpaired) electrons. The van der Waals surface area contributed by atoms with Crippen LogP contribution >= 0.6 is 15.9 Å². The Morgan fingerprint density at radius 3 is 2.40 bits per heavy atom. The first kappa shape index (κ1) is 14.7. The molecule has 0 bridgehead atoms. The van der Waals surface area contributed by atoms with Gasteiger partial charge in [0.2, 0.25) is 0 Å². The fourth-order valence-electron chi connectivity index (χ4n) is 1.50. The molecule has 2 rings (SSSR count). The summed E-state index contributed by atoms with van der Waals surface area (Å²) in [6.07, 6.45) is 0. The summed E-state index contributed by atoms with van der Waals surface area (Å²) >= 11 is 3.16. The Labute approximate surface area is 122 Å². The standard InChI is InChI=1S/C12H9BrF2N2O2S/c13-7-3-1-2-4-9(7)17-20(18,19)10-6-5-8(14)12(16)11(10)15/h1-6,17H,16H2. The molecule has 0 spiro atoms. The van der Waals surface area contributed by atoms with Gasteiger partial charge in [0, 0.05) is 4.47 Å². The van der Waals surface area contributed by atoms with Gasteiger partial charge in [0.05, 0.1) is 5.69 Å². The summed E-state index contributed by atoms with van der Waals surface area (Å²) < 4.78 is 53.7. The van der Waals surface area contributed by atoms with E-state index in [4.69, 9.17) is 5.73 Å². The van der Waals surface area contributed by atoms with E-state index in [1.807, 2.05) is 0 Å². The molecule has 0 saturated carbocycles. The number of rotatable bonds is 3. The van der Waals surface area contributed by atoms with Crippen LogP contribution in [0.15, 0.2) is 45.8 Å². The van der Waals surface area contributed by atoms with Gasteiger partial charge >= 0.3 is 0 Å². The summed E-state index contributed by atoms with van der Waals surface area (Å²) in [5, 5.41) is 0. The largest absolute Gasteiger partial charge is 0.394 e. The van der Waals surface area contributed by atoms with Crippen molar-refractivity contribution in [3.05, 3.63) is 52.5 Å². The Balaban J connectivity index is 2.47. The second-order valence-corrected chi connectivity index (χ2v) is 6.36. The van der Waals surface area contributed by atoms with Crippen LogP contribution in [0.2, 0.25) is 0 Å². The molecule has 0 aromatic heterocycles. The van der Waals surface area contributed by atoms with Crippen LogP contribution in [0.5, 0.6) is 0 Å². The molecule has 0 aliphatic carbocycles. The Hall–Kier alpha value is -1.67. The summed E-state index contributed by atoms with van der Waals surface area (Å²) in [7, 11) is -4.21. The number of para-hydroxylation sites is 1. The van der Waals surface area contributed by atoms with Crippen molar-refractivity contribution < 1.29 is 17.2 Å². The van der Waals surface area contributed by atoms with Crippen LogP contribution < -0.4 is 10.5 Å². The molecule has 0 saturated heterocycles. The molecule has 0 amide bonds. The third-order valence-corrected chi connectivity index (χ3v) is 4.57. The van der Waals surface area contributed by atoms with Crippen molar-refractivity contribution in [1.82, 2.24) is 0 Å². The van der Waals surface area contributed by atoms with Crippen molar-refractivity contribution in [1.29, 1.82) is 0 Å². The summed E-state index contributed by atoms with van der Waals surface area (Å²) in [6.45, 7) is 0. The highest BCUT2D eigenvalue weighted by atomic mass is 79.9. The maximum atomic E-state index is 13.8. The molecule has 0 fully saturated rings. The monoisotopic (exact) mass is 362 g/mol. The maximum absolute atomic E-state index is 13.8. The Morgan fingerprint density at radius 1 is 1.10 bits per heavy atom. The van der Waals surface area contributed by atoms with E-state index in [2.05, 4.69) is 20.7 Å². The van der Waals surface area contributed by atoms with Gasteiger partial charge in [-0.05, 0) is 40.2 Å². The Kier molecular flexibility index (Phi) is 3.96. The number of hydrogen-bond donors (Lipinski definition) is 2. The predicted octanol–water partition coefficient (Wildman–Crippen LogP) is 3.11. The topological polar surface area (TPSA) is 72.2 Å². The fourth-order valence-corrected chi connectivity index (χ4v) is 3.19. The van der Waals surface area contributed by atoms with E-state index in [9.17, 15) is 17.2 Å². The van der Waals surface area contributed by atoms with Crippen molar-refractivity contribution >= 4 is 37.3 Å². The second-order valence-electron chi connectivity index (χ2n) is 3.86. The van der Waals surface area contributed by atoms with Crippen LogP contribution in [0.1, 0.15) is 0 Å². The van der Waals surface area contributed by atoms with Crippen LogP contribution in [-0.2, 0) is 10.0 Å². The smallest absolute Gasteiger partial charge is 0.264 e. The van der Waals surface area contributed by atoms with Gasteiger partial charge < -0.3 is 5.73 Å². The van der Waals surface area contributed by atoms with Crippen LogP contribution in [0.4, 0.5) is 20.2 Å². The number of nitrogens with one attached hydrogen (secondary N) is 1. The first-order valence-electron chi connectivity index (χ1n) is 5.34. The van der Waals surface area contributed by atoms with E-state index in [1.54, 1.807) is 18.2 Å². The average Bonchev–Trinajstić information content (AvgIpc) is 2.38. The quantitative estimate of drug-likeness (QED) is 0.824. The Morgan fingerprint density at radius 2 is 1.75 bits per heavy atom. The number of hydrogen-bond acceptors (Lipinski definition) is 3. The van der Waals surface area contributed by atoms with Crippen molar-refractivity contribution in [2.45, 2.75) is 4.90 Å². The van der Waals surface area contributed by atoms with E-state index < -0.39 is 32.2 Å². The van der Waals surface area contributed by atoms with Crippen LogP contribution in [0.3, 0.4) is 0 Å². The van der Waals surface area contributed by atoms with E-state index in [1.165, 1.54) is 6.07 Å². The number of nitrogens with two attached hydrogens (primary N) is 1. The lowest BCUT2D eigenvalue weighted by Gasteiger charge is -2.11. The van der Waals surface area contributed by atoms with E-state index in [0.29, 0.717) is 4.47 Å². The van der Waals surface area contributed by atoms with Gasteiger partial charge in [-0.15, -0.1) is 0 Å². The SMILES string of the molecule is Nc1c(F)ccc(S(=O)(=O)Nc2ccccc2Br)c1F. The third-order valence-electron chi connectivity index (χ3n) is 2.50. The lowest BCUT2D eigenvalue weighted by atomic mass is 10.3. The number of anilines is 2. The summed E-state index contributed by atoms with van der Waals surface area (Å²) in [5.74, 6) is -2.33. The average molecular weight is 363 g/mol. The van der Waals surface area contributed by atoms with Crippen molar-refractivity contribution in [2.24, 2.45) is 0 Å². The zero-order valence-corrected chi connectivity index (χ0v) is 12.3. The summed E-state index contributed by atoms with van der Waals surface area (Å²) in [4.78, 5) is -0.716. The molecular formula is C12H9BrF2N2O2S. The van der Waals surface area contributed by atoms with Gasteiger partial charge in [0.15, 0.2) is 5.82 Å². The van der Waals surface area contributed by atoms with E-state index in [0.717, 1.165) is 12.1 Å². The molecule has 2 aromatic rings. The molecule has 0 unspecified atom stereocenters. The molecule has 8 heteroatoms. The van der Waals surface area contributed by atoms with Crippen LogP contribution in [-0.4, -0.2) is 8.42 Å². The first-order valence-corrected chi connectivity index (χ1v) is 7.61. The summed E-state index contributed by atoms with van der Waals surface area (Å²) in [5.41, 5.74) is 4.55. The number of halogens is 3. The number of sulfonamides is 1. The number of nitrogen functional groups attached to an aromatic ring is 1. The van der Waals surface area contributed by atoms with Crippen molar-refractivity contribution in [2.75, 3.05) is 10.5 Å². The lowest BCUT2D eigenvalue weighted by molar-refractivity contribution is 0.557. The molecule has 2 aromatic carbocycles. The molecule has 4 nitrogen and oxygen atoms in total. The minimum absolute atomic E-state index is 0.231. The molecule has 0 aliphatic rings. The molecule has 3 N–H and O–H groups in total. The van der Waals surface area contributed by atoms with Crippen molar-refractivity contribution in [3.63, 3.8) is 0 Å².